The van der Waals surface area contributed by atoms with Crippen LogP contribution in [0.2, 0.25) is 0 Å². The van der Waals surface area contributed by atoms with Crippen molar-refractivity contribution in [3.63, 3.8) is 0 Å². The molecular weight excluding hydrogens is 287 g/mol. The van der Waals surface area contributed by atoms with Crippen LogP contribution >= 0.6 is 11.8 Å². The van der Waals surface area contributed by atoms with E-state index in [9.17, 15) is 13.2 Å². The van der Waals surface area contributed by atoms with Gasteiger partial charge in [-0.1, -0.05) is 12.1 Å². The monoisotopic (exact) mass is 307 g/mol. The fourth-order valence-electron chi connectivity index (χ4n) is 1.75. The molecule has 1 rings (SSSR count). The number of rotatable bonds is 8. The van der Waals surface area contributed by atoms with Crippen molar-refractivity contribution < 1.29 is 17.9 Å². The minimum atomic E-state index is -4.13. The molecule has 0 aliphatic carbocycles. The quantitative estimate of drug-likeness (QED) is 0.737. The molecule has 0 saturated heterocycles. The van der Waals surface area contributed by atoms with E-state index in [-0.39, 0.29) is 23.6 Å². The summed E-state index contributed by atoms with van der Waals surface area (Å²) in [4.78, 5) is 0. The highest BCUT2D eigenvalue weighted by Crippen LogP contribution is 2.29. The maximum absolute atomic E-state index is 11.9. The van der Waals surface area contributed by atoms with Crippen molar-refractivity contribution in [2.75, 3.05) is 19.4 Å². The van der Waals surface area contributed by atoms with Crippen molar-refractivity contribution >= 4 is 11.8 Å². The molecule has 1 N–H and O–H groups in total. The van der Waals surface area contributed by atoms with Gasteiger partial charge in [-0.25, -0.2) is 0 Å². The molecule has 0 amide bonds. The number of methoxy groups -OCH3 is 1. The van der Waals surface area contributed by atoms with Gasteiger partial charge in [0.15, 0.2) is 0 Å². The first-order valence-corrected chi connectivity index (χ1v) is 7.46. The normalized spacial score (nSPS) is 13.2. The molecule has 20 heavy (non-hydrogen) atoms. The zero-order valence-corrected chi connectivity index (χ0v) is 12.5. The smallest absolute Gasteiger partial charge is 0.441 e. The standard InChI is InChI=1S/C14H20F3NOS/c1-11(18-9-10-20-14(15,16)17)3-4-12-5-7-13(19-2)8-6-12/h5-8,11,18H,3-4,9-10H2,1-2H3. The summed E-state index contributed by atoms with van der Waals surface area (Å²) in [5.74, 6) is 0.875. The van der Waals surface area contributed by atoms with Gasteiger partial charge in [0, 0.05) is 18.3 Å². The van der Waals surface area contributed by atoms with Gasteiger partial charge in [0.2, 0.25) is 0 Å². The fourth-order valence-corrected chi connectivity index (χ4v) is 2.20. The van der Waals surface area contributed by atoms with Crippen molar-refractivity contribution in [1.82, 2.24) is 5.32 Å². The van der Waals surface area contributed by atoms with E-state index in [1.54, 1.807) is 7.11 Å². The molecule has 0 aromatic heterocycles. The average Bonchev–Trinajstić information content (AvgIpc) is 2.41. The van der Waals surface area contributed by atoms with Gasteiger partial charge in [-0.15, -0.1) is 0 Å². The maximum Gasteiger partial charge on any atom is 0.441 e. The van der Waals surface area contributed by atoms with E-state index in [2.05, 4.69) is 5.32 Å². The van der Waals surface area contributed by atoms with Crippen LogP contribution in [0.5, 0.6) is 5.75 Å². The number of ether oxygens (including phenoxy) is 1. The predicted molar refractivity (Wildman–Crippen MR) is 77.3 cm³/mol. The Bertz CT molecular complexity index is 381. The first kappa shape index (κ1) is 17.2. The molecule has 0 aliphatic rings. The second kappa shape index (κ2) is 8.42. The number of hydrogen-bond acceptors (Lipinski definition) is 3. The number of benzene rings is 1. The minimum Gasteiger partial charge on any atom is -0.497 e. The van der Waals surface area contributed by atoms with E-state index in [0.717, 1.165) is 18.6 Å². The molecule has 0 heterocycles. The van der Waals surface area contributed by atoms with Gasteiger partial charge >= 0.3 is 5.51 Å². The van der Waals surface area contributed by atoms with Gasteiger partial charge < -0.3 is 10.1 Å². The lowest BCUT2D eigenvalue weighted by molar-refractivity contribution is -0.0327. The third kappa shape index (κ3) is 7.65. The van der Waals surface area contributed by atoms with E-state index in [0.29, 0.717) is 6.54 Å². The summed E-state index contributed by atoms with van der Waals surface area (Å²) in [6, 6.07) is 8.03. The van der Waals surface area contributed by atoms with Gasteiger partial charge in [0.1, 0.15) is 5.75 Å². The summed E-state index contributed by atoms with van der Waals surface area (Å²) in [6.07, 6.45) is 1.79. The molecule has 0 saturated carbocycles. The van der Waals surface area contributed by atoms with Crippen LogP contribution < -0.4 is 10.1 Å². The molecule has 2 nitrogen and oxygen atoms in total. The van der Waals surface area contributed by atoms with Crippen molar-refractivity contribution in [2.24, 2.45) is 0 Å². The van der Waals surface area contributed by atoms with Crippen LogP contribution in [0, 0.1) is 0 Å². The molecule has 6 heteroatoms. The Morgan fingerprint density at radius 1 is 1.25 bits per heavy atom. The van der Waals surface area contributed by atoms with Crippen molar-refractivity contribution in [3.05, 3.63) is 29.8 Å². The topological polar surface area (TPSA) is 21.3 Å². The minimum absolute atomic E-state index is 0.0177. The molecule has 1 unspecified atom stereocenters. The molecule has 0 aliphatic heterocycles. The number of halogens is 3. The lowest BCUT2D eigenvalue weighted by Gasteiger charge is -2.14. The number of thioether (sulfide) groups is 1. The third-order valence-corrected chi connectivity index (χ3v) is 3.62. The lowest BCUT2D eigenvalue weighted by atomic mass is 10.1. The summed E-state index contributed by atoms with van der Waals surface area (Å²) in [6.45, 7) is 2.36. The van der Waals surface area contributed by atoms with Crippen LogP contribution in [0.1, 0.15) is 18.9 Å². The van der Waals surface area contributed by atoms with Crippen molar-refractivity contribution in [2.45, 2.75) is 31.3 Å². The summed E-state index contributed by atoms with van der Waals surface area (Å²) >= 11 is 0.0177. The highest BCUT2D eigenvalue weighted by molar-refractivity contribution is 8.00. The number of alkyl halides is 3. The molecule has 114 valence electrons. The van der Waals surface area contributed by atoms with E-state index in [1.165, 1.54) is 5.56 Å². The fraction of sp³-hybridized carbons (Fsp3) is 0.571. The first-order valence-electron chi connectivity index (χ1n) is 6.47. The first-order chi connectivity index (χ1) is 9.40. The van der Waals surface area contributed by atoms with Gasteiger partial charge in [0.25, 0.3) is 0 Å². The highest BCUT2D eigenvalue weighted by Gasteiger charge is 2.27. The van der Waals surface area contributed by atoms with Crippen molar-refractivity contribution in [3.8, 4) is 5.75 Å². The number of hydrogen-bond donors (Lipinski definition) is 1. The number of nitrogens with one attached hydrogen (secondary N) is 1. The molecular formula is C14H20F3NOS. The molecule has 1 atom stereocenters. The largest absolute Gasteiger partial charge is 0.497 e. The SMILES string of the molecule is COc1ccc(CCC(C)NCCSC(F)(F)F)cc1. The van der Waals surface area contributed by atoms with Gasteiger partial charge in [-0.05, 0) is 49.2 Å². The van der Waals surface area contributed by atoms with Gasteiger partial charge in [-0.3, -0.25) is 0 Å². The maximum atomic E-state index is 11.9. The lowest BCUT2D eigenvalue weighted by Crippen LogP contribution is -2.29. The van der Waals surface area contributed by atoms with Crippen LogP contribution in [0.15, 0.2) is 24.3 Å². The van der Waals surface area contributed by atoms with E-state index >= 15 is 0 Å². The van der Waals surface area contributed by atoms with E-state index in [1.807, 2.05) is 31.2 Å². The Morgan fingerprint density at radius 3 is 2.45 bits per heavy atom. The molecule has 0 spiro atoms. The van der Waals surface area contributed by atoms with Crippen LogP contribution in [0.25, 0.3) is 0 Å². The predicted octanol–water partition coefficient (Wildman–Crippen LogP) is 3.86. The summed E-state index contributed by atoms with van der Waals surface area (Å²) in [5.41, 5.74) is -2.93. The molecule has 0 fully saturated rings. The van der Waals surface area contributed by atoms with E-state index < -0.39 is 5.51 Å². The third-order valence-electron chi connectivity index (χ3n) is 2.89. The Hall–Kier alpha value is -0.880. The van der Waals surface area contributed by atoms with Gasteiger partial charge in [-0.2, -0.15) is 13.2 Å². The summed E-state index contributed by atoms with van der Waals surface area (Å²) in [7, 11) is 1.62. The second-order valence-electron chi connectivity index (χ2n) is 4.54. The van der Waals surface area contributed by atoms with E-state index in [4.69, 9.17) is 4.74 Å². The van der Waals surface area contributed by atoms with Crippen molar-refractivity contribution in [1.29, 1.82) is 0 Å². The Morgan fingerprint density at radius 2 is 1.90 bits per heavy atom. The Labute approximate surface area is 122 Å². The zero-order chi connectivity index (χ0) is 15.0. The molecule has 0 bridgehead atoms. The van der Waals surface area contributed by atoms with Crippen LogP contribution in [0.4, 0.5) is 13.2 Å². The van der Waals surface area contributed by atoms with Crippen LogP contribution in [-0.2, 0) is 6.42 Å². The Balaban J connectivity index is 2.17. The summed E-state index contributed by atoms with van der Waals surface area (Å²) < 4.78 is 40.9. The Kier molecular flexibility index (Phi) is 7.23. The molecule has 1 aromatic rings. The molecule has 1 aromatic carbocycles. The molecule has 0 radical (unpaired) electrons. The number of aryl methyl sites for hydroxylation is 1. The van der Waals surface area contributed by atoms with Crippen LogP contribution in [0.3, 0.4) is 0 Å². The second-order valence-corrected chi connectivity index (χ2v) is 5.70. The highest BCUT2D eigenvalue weighted by atomic mass is 32.2. The zero-order valence-electron chi connectivity index (χ0n) is 11.7. The average molecular weight is 307 g/mol. The summed E-state index contributed by atoms with van der Waals surface area (Å²) in [5, 5.41) is 3.10. The van der Waals surface area contributed by atoms with Crippen LogP contribution in [-0.4, -0.2) is 31.0 Å². The van der Waals surface area contributed by atoms with Gasteiger partial charge in [0.05, 0.1) is 7.11 Å².